The van der Waals surface area contributed by atoms with Gasteiger partial charge in [-0.25, -0.2) is 0 Å². The molecule has 0 aliphatic rings. The summed E-state index contributed by atoms with van der Waals surface area (Å²) >= 11 is 7.43. The van der Waals surface area contributed by atoms with Crippen molar-refractivity contribution in [1.29, 1.82) is 0 Å². The Bertz CT molecular complexity index is 553. The molecule has 6 heteroatoms. The molecule has 0 bridgehead atoms. The van der Waals surface area contributed by atoms with E-state index in [4.69, 9.17) is 11.6 Å². The van der Waals surface area contributed by atoms with E-state index < -0.39 is 11.9 Å². The first-order valence-corrected chi connectivity index (χ1v) is 4.90. The maximum atomic E-state index is 12.5. The number of alkyl halides is 3. The third-order valence-electron chi connectivity index (χ3n) is 2.29. The van der Waals surface area contributed by atoms with Gasteiger partial charge >= 0.3 is 104 Å². The van der Waals surface area contributed by atoms with E-state index in [0.717, 1.165) is 6.07 Å². The Kier molecular flexibility index (Phi) is 2.91. The van der Waals surface area contributed by atoms with E-state index in [1.165, 1.54) is 6.07 Å². The number of fused-ring (bicyclic) bond motifs is 1. The predicted molar refractivity (Wildman–Crippen MR) is 57.1 cm³/mol. The van der Waals surface area contributed by atoms with Gasteiger partial charge in [-0.1, -0.05) is 0 Å². The van der Waals surface area contributed by atoms with Crippen LogP contribution in [0.25, 0.3) is 10.9 Å². The van der Waals surface area contributed by atoms with Gasteiger partial charge in [-0.2, -0.15) is 0 Å². The van der Waals surface area contributed by atoms with Crippen LogP contribution in [-0.4, -0.2) is 22.7 Å². The van der Waals surface area contributed by atoms with Crippen molar-refractivity contribution in [1.82, 2.24) is 4.98 Å². The van der Waals surface area contributed by atoms with E-state index in [1.54, 1.807) is 29.8 Å². The van der Waals surface area contributed by atoms with Crippen molar-refractivity contribution in [2.45, 2.75) is 6.18 Å². The van der Waals surface area contributed by atoms with Gasteiger partial charge in [-0.15, -0.1) is 0 Å². The number of aromatic nitrogens is 1. The molecule has 0 aliphatic heterocycles. The minimum atomic E-state index is -4.45. The summed E-state index contributed by atoms with van der Waals surface area (Å²) in [7, 11) is 0. The number of nitrogens with zero attached hydrogens (tertiary/aromatic N) is 1. The Morgan fingerprint density at radius 2 is 1.94 bits per heavy atom. The fourth-order valence-corrected chi connectivity index (χ4v) is 1.74. The van der Waals surface area contributed by atoms with Gasteiger partial charge in [0, 0.05) is 0 Å². The number of pyridine rings is 1. The van der Waals surface area contributed by atoms with Crippen LogP contribution in [-0.2, 0) is 6.18 Å². The Morgan fingerprint density at radius 1 is 1.25 bits per heavy atom. The molecular weight excluding hydrogens is 234 g/mol. The first-order valence-electron chi connectivity index (χ1n) is 4.52. The molecule has 2 aromatic rings. The van der Waals surface area contributed by atoms with Gasteiger partial charge in [0.25, 0.3) is 0 Å². The molecule has 0 saturated heterocycles. The molecule has 2 rings (SSSR count). The maximum absolute atomic E-state index is 12.5. The summed E-state index contributed by atoms with van der Waals surface area (Å²) in [6.07, 6.45) is -4.45. The van der Waals surface area contributed by atoms with Crippen LogP contribution in [0.3, 0.4) is 0 Å². The second-order valence-electron chi connectivity index (χ2n) is 3.46. The second kappa shape index (κ2) is 3.96. The van der Waals surface area contributed by atoms with Crippen molar-refractivity contribution in [3.63, 3.8) is 0 Å². The van der Waals surface area contributed by atoms with Gasteiger partial charge in [0.15, 0.2) is 0 Å². The van der Waals surface area contributed by atoms with Crippen molar-refractivity contribution in [3.05, 3.63) is 35.0 Å². The first-order chi connectivity index (χ1) is 7.39. The van der Waals surface area contributed by atoms with Crippen molar-refractivity contribution in [2.75, 3.05) is 0 Å². The molecule has 0 fully saturated rings. The SMILES string of the molecule is [Li][c]1cc(C(F)(F)F)nc2c(Cl)cccc12. The molecule has 0 amide bonds. The molecule has 16 heavy (non-hydrogen) atoms. The van der Waals surface area contributed by atoms with Crippen LogP contribution in [0.15, 0.2) is 24.3 Å². The van der Waals surface area contributed by atoms with Gasteiger partial charge in [-0.3, -0.25) is 0 Å². The van der Waals surface area contributed by atoms with Gasteiger partial charge < -0.3 is 0 Å². The molecule has 0 spiro atoms. The monoisotopic (exact) mass is 237 g/mol. The average molecular weight is 238 g/mol. The number of hydrogen-bond donors (Lipinski definition) is 0. The molecule has 0 aliphatic carbocycles. The van der Waals surface area contributed by atoms with Gasteiger partial charge in [0.2, 0.25) is 0 Å². The number of benzene rings is 1. The summed E-state index contributed by atoms with van der Waals surface area (Å²) in [5.74, 6) is 0. The number of para-hydroxylation sites is 1. The van der Waals surface area contributed by atoms with E-state index in [0.29, 0.717) is 9.62 Å². The van der Waals surface area contributed by atoms with E-state index >= 15 is 0 Å². The summed E-state index contributed by atoms with van der Waals surface area (Å²) < 4.78 is 38.1. The predicted octanol–water partition coefficient (Wildman–Crippen LogP) is 2.70. The quantitative estimate of drug-likeness (QED) is 0.642. The van der Waals surface area contributed by atoms with Crippen molar-refractivity contribution in [2.24, 2.45) is 0 Å². The molecule has 0 saturated carbocycles. The van der Waals surface area contributed by atoms with Gasteiger partial charge in [0.05, 0.1) is 0 Å². The molecule has 0 unspecified atom stereocenters. The van der Waals surface area contributed by atoms with Crippen LogP contribution in [0, 0.1) is 0 Å². The fourth-order valence-electron chi connectivity index (χ4n) is 1.53. The number of hydrogen-bond acceptors (Lipinski definition) is 1. The molecule has 78 valence electrons. The molecule has 1 heterocycles. The van der Waals surface area contributed by atoms with E-state index in [9.17, 15) is 13.2 Å². The Hall–Kier alpha value is -0.693. The molecular formula is C10H4ClF3LiN. The summed E-state index contributed by atoms with van der Waals surface area (Å²) in [6.45, 7) is 0. The number of rotatable bonds is 0. The van der Waals surface area contributed by atoms with Crippen molar-refractivity contribution >= 4 is 44.5 Å². The number of halogens is 4. The van der Waals surface area contributed by atoms with Crippen molar-refractivity contribution in [3.8, 4) is 0 Å². The summed E-state index contributed by atoms with van der Waals surface area (Å²) in [5, 5.41) is 0.868. The molecule has 1 aromatic heterocycles. The van der Waals surface area contributed by atoms with Crippen molar-refractivity contribution < 1.29 is 13.2 Å². The van der Waals surface area contributed by atoms with Crippen LogP contribution in [0.2, 0.25) is 5.02 Å². The average Bonchev–Trinajstić information content (AvgIpc) is 2.18. The van der Waals surface area contributed by atoms with Crippen LogP contribution in [0.4, 0.5) is 13.2 Å². The zero-order valence-corrected chi connectivity index (χ0v) is 9.02. The van der Waals surface area contributed by atoms with E-state index in [-0.39, 0.29) is 10.5 Å². The third-order valence-corrected chi connectivity index (χ3v) is 2.59. The van der Waals surface area contributed by atoms with Crippen LogP contribution < -0.4 is 4.24 Å². The Labute approximate surface area is 104 Å². The Morgan fingerprint density at radius 3 is 2.56 bits per heavy atom. The third kappa shape index (κ3) is 2.06. The zero-order valence-electron chi connectivity index (χ0n) is 8.27. The minimum absolute atomic E-state index is 0.191. The zero-order chi connectivity index (χ0) is 11.9. The second-order valence-corrected chi connectivity index (χ2v) is 3.87. The van der Waals surface area contributed by atoms with Gasteiger partial charge in [0.1, 0.15) is 0 Å². The first kappa shape index (κ1) is 11.8. The summed E-state index contributed by atoms with van der Waals surface area (Å²) in [6, 6.07) is 5.94. The normalized spacial score (nSPS) is 12.1. The Balaban J connectivity index is 2.81. The summed E-state index contributed by atoms with van der Waals surface area (Å²) in [4.78, 5) is 3.55. The summed E-state index contributed by atoms with van der Waals surface area (Å²) in [5.41, 5.74) is -0.720. The molecule has 0 atom stereocenters. The van der Waals surface area contributed by atoms with Gasteiger partial charge in [-0.05, 0) is 0 Å². The van der Waals surface area contributed by atoms with Crippen LogP contribution in [0.1, 0.15) is 5.69 Å². The van der Waals surface area contributed by atoms with E-state index in [2.05, 4.69) is 4.98 Å². The fraction of sp³-hybridized carbons (Fsp3) is 0.100. The van der Waals surface area contributed by atoms with Crippen LogP contribution in [0.5, 0.6) is 0 Å². The van der Waals surface area contributed by atoms with Crippen LogP contribution >= 0.6 is 11.6 Å². The molecule has 0 radical (unpaired) electrons. The standard InChI is InChI=1S/C10H4ClF3N.Li/c11-7-3-1-2-6-4-5-8(10(12,13)14)15-9(6)7;/h1-3,5H;. The van der Waals surface area contributed by atoms with E-state index in [1.807, 2.05) is 0 Å². The molecule has 1 aromatic carbocycles. The molecule has 0 N–H and O–H groups in total. The topological polar surface area (TPSA) is 12.9 Å². The molecule has 1 nitrogen and oxygen atoms in total.